The highest BCUT2D eigenvalue weighted by molar-refractivity contribution is 4.93. The van der Waals surface area contributed by atoms with E-state index in [1.54, 1.807) is 0 Å². The van der Waals surface area contributed by atoms with Crippen molar-refractivity contribution in [1.29, 1.82) is 0 Å². The second-order valence-electron chi connectivity index (χ2n) is 4.90. The van der Waals surface area contributed by atoms with Crippen molar-refractivity contribution in [2.45, 2.75) is 52.1 Å². The first kappa shape index (κ1) is 11.0. The summed E-state index contributed by atoms with van der Waals surface area (Å²) in [6, 6.07) is 0.712. The molecule has 0 amide bonds. The topological polar surface area (TPSA) is 29.3 Å². The summed E-state index contributed by atoms with van der Waals surface area (Å²) in [4.78, 5) is 2.59. The highest BCUT2D eigenvalue weighted by atomic mass is 15.2. The Balaban J connectivity index is 2.69. The zero-order valence-corrected chi connectivity index (χ0v) is 9.51. The molecule has 1 saturated heterocycles. The fourth-order valence-corrected chi connectivity index (χ4v) is 2.52. The van der Waals surface area contributed by atoms with Crippen molar-refractivity contribution in [3.8, 4) is 0 Å². The molecule has 0 bridgehead atoms. The minimum absolute atomic E-state index is 0.226. The number of hydrogen-bond acceptors (Lipinski definition) is 2. The molecule has 2 heteroatoms. The van der Waals surface area contributed by atoms with Gasteiger partial charge in [0.1, 0.15) is 0 Å². The van der Waals surface area contributed by atoms with Crippen molar-refractivity contribution in [3.63, 3.8) is 0 Å². The first-order chi connectivity index (χ1) is 6.03. The first-order valence-corrected chi connectivity index (χ1v) is 5.50. The zero-order valence-electron chi connectivity index (χ0n) is 9.51. The predicted molar refractivity (Wildman–Crippen MR) is 57.7 cm³/mol. The maximum Gasteiger partial charge on any atom is 0.0303 e. The van der Waals surface area contributed by atoms with Gasteiger partial charge in [-0.25, -0.2) is 0 Å². The Morgan fingerprint density at radius 3 is 2.38 bits per heavy atom. The quantitative estimate of drug-likeness (QED) is 0.725. The Morgan fingerprint density at radius 1 is 1.46 bits per heavy atom. The summed E-state index contributed by atoms with van der Waals surface area (Å²) in [5.41, 5.74) is 6.09. The monoisotopic (exact) mass is 184 g/mol. The number of rotatable bonds is 3. The van der Waals surface area contributed by atoms with Gasteiger partial charge in [0.15, 0.2) is 0 Å². The van der Waals surface area contributed by atoms with E-state index in [1.807, 2.05) is 0 Å². The SMILES string of the molecule is CCC(C)(CN)N1CC(C)CC1C. The largest absolute Gasteiger partial charge is 0.329 e. The minimum Gasteiger partial charge on any atom is -0.329 e. The Labute approximate surface area is 82.5 Å². The maximum absolute atomic E-state index is 5.86. The molecule has 1 aliphatic rings. The van der Waals surface area contributed by atoms with Crippen molar-refractivity contribution in [1.82, 2.24) is 4.90 Å². The Bertz CT molecular complexity index is 163. The number of likely N-dealkylation sites (tertiary alicyclic amines) is 1. The predicted octanol–water partition coefficient (Wildman–Crippen LogP) is 1.84. The van der Waals surface area contributed by atoms with Gasteiger partial charge in [-0.2, -0.15) is 0 Å². The molecule has 0 aromatic carbocycles. The van der Waals surface area contributed by atoms with Crippen LogP contribution in [-0.2, 0) is 0 Å². The Kier molecular flexibility index (Phi) is 3.36. The molecule has 13 heavy (non-hydrogen) atoms. The summed E-state index contributed by atoms with van der Waals surface area (Å²) in [6.45, 7) is 11.2. The van der Waals surface area contributed by atoms with Gasteiger partial charge in [0, 0.05) is 24.7 Å². The van der Waals surface area contributed by atoms with E-state index in [0.717, 1.165) is 18.9 Å². The van der Waals surface area contributed by atoms with Crippen LogP contribution in [0.5, 0.6) is 0 Å². The van der Waals surface area contributed by atoms with Crippen LogP contribution in [0.3, 0.4) is 0 Å². The summed E-state index contributed by atoms with van der Waals surface area (Å²) in [7, 11) is 0. The van der Waals surface area contributed by atoms with E-state index in [2.05, 4.69) is 32.6 Å². The summed E-state index contributed by atoms with van der Waals surface area (Å²) in [5, 5.41) is 0. The minimum atomic E-state index is 0.226. The second-order valence-corrected chi connectivity index (χ2v) is 4.90. The van der Waals surface area contributed by atoms with Crippen LogP contribution in [0.2, 0.25) is 0 Å². The molecule has 0 spiro atoms. The van der Waals surface area contributed by atoms with Gasteiger partial charge in [0.05, 0.1) is 0 Å². The third-order valence-corrected chi connectivity index (χ3v) is 3.68. The lowest BCUT2D eigenvalue weighted by atomic mass is 9.96. The number of nitrogens with zero attached hydrogens (tertiary/aromatic N) is 1. The van der Waals surface area contributed by atoms with Crippen LogP contribution >= 0.6 is 0 Å². The molecule has 0 aliphatic carbocycles. The normalized spacial score (nSPS) is 34.8. The van der Waals surface area contributed by atoms with E-state index in [9.17, 15) is 0 Å². The van der Waals surface area contributed by atoms with Crippen LogP contribution in [-0.4, -0.2) is 29.6 Å². The summed E-state index contributed by atoms with van der Waals surface area (Å²) >= 11 is 0. The molecule has 1 fully saturated rings. The van der Waals surface area contributed by atoms with Crippen molar-refractivity contribution in [2.75, 3.05) is 13.1 Å². The smallest absolute Gasteiger partial charge is 0.0303 e. The number of hydrogen-bond donors (Lipinski definition) is 1. The molecule has 78 valence electrons. The van der Waals surface area contributed by atoms with Gasteiger partial charge >= 0.3 is 0 Å². The lowest BCUT2D eigenvalue weighted by Gasteiger charge is -2.40. The Hall–Kier alpha value is -0.0800. The molecular weight excluding hydrogens is 160 g/mol. The molecule has 1 rings (SSSR count). The zero-order chi connectivity index (χ0) is 10.1. The van der Waals surface area contributed by atoms with Crippen LogP contribution < -0.4 is 5.73 Å². The van der Waals surface area contributed by atoms with Crippen LogP contribution in [0, 0.1) is 5.92 Å². The Morgan fingerprint density at radius 2 is 2.08 bits per heavy atom. The summed E-state index contributed by atoms with van der Waals surface area (Å²) in [6.07, 6.45) is 2.48. The first-order valence-electron chi connectivity index (χ1n) is 5.50. The summed E-state index contributed by atoms with van der Waals surface area (Å²) < 4.78 is 0. The molecule has 0 radical (unpaired) electrons. The molecule has 0 aromatic rings. The average molecular weight is 184 g/mol. The van der Waals surface area contributed by atoms with E-state index < -0.39 is 0 Å². The maximum atomic E-state index is 5.86. The lowest BCUT2D eigenvalue weighted by Crippen LogP contribution is -2.52. The van der Waals surface area contributed by atoms with Gasteiger partial charge in [-0.15, -0.1) is 0 Å². The fraction of sp³-hybridized carbons (Fsp3) is 1.00. The van der Waals surface area contributed by atoms with Gasteiger partial charge in [-0.05, 0) is 32.6 Å². The molecule has 1 aliphatic heterocycles. The second kappa shape index (κ2) is 3.97. The van der Waals surface area contributed by atoms with Crippen LogP contribution in [0.4, 0.5) is 0 Å². The molecular formula is C11H24N2. The van der Waals surface area contributed by atoms with E-state index in [4.69, 9.17) is 5.73 Å². The van der Waals surface area contributed by atoms with E-state index >= 15 is 0 Å². The van der Waals surface area contributed by atoms with Crippen molar-refractivity contribution >= 4 is 0 Å². The standard InChI is InChI=1S/C11H24N2/c1-5-11(4,8-12)13-7-9(2)6-10(13)3/h9-10H,5-8,12H2,1-4H3. The average Bonchev–Trinajstić information content (AvgIpc) is 2.44. The molecule has 3 unspecified atom stereocenters. The van der Waals surface area contributed by atoms with Crippen LogP contribution in [0.1, 0.15) is 40.5 Å². The molecule has 2 N–H and O–H groups in total. The number of nitrogens with two attached hydrogens (primary N) is 1. The third kappa shape index (κ3) is 2.05. The molecule has 1 heterocycles. The van der Waals surface area contributed by atoms with Crippen LogP contribution in [0.15, 0.2) is 0 Å². The van der Waals surface area contributed by atoms with Crippen molar-refractivity contribution < 1.29 is 0 Å². The highest BCUT2D eigenvalue weighted by Gasteiger charge is 2.37. The lowest BCUT2D eigenvalue weighted by molar-refractivity contribution is 0.0971. The van der Waals surface area contributed by atoms with Crippen molar-refractivity contribution in [3.05, 3.63) is 0 Å². The van der Waals surface area contributed by atoms with E-state index in [1.165, 1.54) is 13.0 Å². The molecule has 0 saturated carbocycles. The molecule has 0 aromatic heterocycles. The third-order valence-electron chi connectivity index (χ3n) is 3.68. The van der Waals surface area contributed by atoms with Crippen LogP contribution in [0.25, 0.3) is 0 Å². The molecule has 2 nitrogen and oxygen atoms in total. The van der Waals surface area contributed by atoms with Crippen molar-refractivity contribution in [2.24, 2.45) is 11.7 Å². The van der Waals surface area contributed by atoms with Gasteiger partial charge in [-0.1, -0.05) is 13.8 Å². The van der Waals surface area contributed by atoms with Gasteiger partial charge in [0.25, 0.3) is 0 Å². The van der Waals surface area contributed by atoms with Gasteiger partial charge in [0.2, 0.25) is 0 Å². The van der Waals surface area contributed by atoms with Gasteiger partial charge < -0.3 is 5.73 Å². The highest BCUT2D eigenvalue weighted by Crippen LogP contribution is 2.31. The fourth-order valence-electron chi connectivity index (χ4n) is 2.52. The van der Waals surface area contributed by atoms with E-state index in [0.29, 0.717) is 6.04 Å². The van der Waals surface area contributed by atoms with E-state index in [-0.39, 0.29) is 5.54 Å². The molecule has 3 atom stereocenters. The van der Waals surface area contributed by atoms with Gasteiger partial charge in [-0.3, -0.25) is 4.90 Å². The summed E-state index contributed by atoms with van der Waals surface area (Å²) in [5.74, 6) is 0.840.